The Morgan fingerprint density at radius 3 is 2.86 bits per heavy atom. The molecular formula is C15H17N5O2. The Balaban J connectivity index is 1.81. The lowest BCUT2D eigenvalue weighted by molar-refractivity contribution is -0.127. The number of likely N-dealkylation sites (tertiary alicyclic amines) is 1. The molecule has 0 unspecified atom stereocenters. The Labute approximate surface area is 127 Å². The second kappa shape index (κ2) is 5.59. The van der Waals surface area contributed by atoms with Gasteiger partial charge in [-0.25, -0.2) is 4.68 Å². The second-order valence-electron chi connectivity index (χ2n) is 5.52. The molecule has 0 spiro atoms. The highest BCUT2D eigenvalue weighted by Crippen LogP contribution is 2.22. The average molecular weight is 299 g/mol. The molecule has 3 heterocycles. The number of carbonyl (C=O) groups is 2. The number of nitrogens with one attached hydrogen (secondary N) is 1. The summed E-state index contributed by atoms with van der Waals surface area (Å²) in [6.07, 6.45) is 7.10. The summed E-state index contributed by atoms with van der Waals surface area (Å²) in [5, 5.41) is 7.11. The topological polar surface area (TPSA) is 80.1 Å². The molecule has 7 nitrogen and oxygen atoms in total. The molecule has 0 saturated carbocycles. The van der Waals surface area contributed by atoms with Crippen molar-refractivity contribution in [1.29, 1.82) is 0 Å². The molecule has 1 aliphatic rings. The summed E-state index contributed by atoms with van der Waals surface area (Å²) in [6.45, 7) is 2.39. The normalized spacial score (nSPS) is 17.8. The van der Waals surface area contributed by atoms with E-state index in [9.17, 15) is 9.59 Å². The van der Waals surface area contributed by atoms with Gasteiger partial charge in [0.25, 0.3) is 0 Å². The molecule has 0 aromatic carbocycles. The van der Waals surface area contributed by atoms with Crippen LogP contribution in [0.5, 0.6) is 0 Å². The first-order valence-electron chi connectivity index (χ1n) is 7.05. The van der Waals surface area contributed by atoms with E-state index in [0.717, 1.165) is 11.3 Å². The Morgan fingerprint density at radius 2 is 2.23 bits per heavy atom. The maximum atomic E-state index is 12.3. The van der Waals surface area contributed by atoms with Gasteiger partial charge in [-0.15, -0.1) is 0 Å². The van der Waals surface area contributed by atoms with E-state index in [-0.39, 0.29) is 24.2 Å². The third-order valence-corrected chi connectivity index (χ3v) is 3.73. The number of aromatic nitrogens is 3. The van der Waals surface area contributed by atoms with Crippen molar-refractivity contribution in [3.05, 3.63) is 36.4 Å². The van der Waals surface area contributed by atoms with Crippen LogP contribution < -0.4 is 5.32 Å². The molecule has 0 aliphatic carbocycles. The Kier molecular flexibility index (Phi) is 3.62. The van der Waals surface area contributed by atoms with Crippen LogP contribution in [0, 0.1) is 12.8 Å². The van der Waals surface area contributed by atoms with Crippen molar-refractivity contribution in [2.75, 3.05) is 18.9 Å². The third kappa shape index (κ3) is 2.69. The van der Waals surface area contributed by atoms with Crippen molar-refractivity contribution in [3.63, 3.8) is 0 Å². The number of amides is 2. The summed E-state index contributed by atoms with van der Waals surface area (Å²) in [5.41, 5.74) is 2.35. The lowest BCUT2D eigenvalue weighted by Gasteiger charge is -2.13. The molecule has 1 N–H and O–H groups in total. The monoisotopic (exact) mass is 299 g/mol. The molecule has 2 aromatic heterocycles. The first-order valence-corrected chi connectivity index (χ1v) is 7.05. The predicted molar refractivity (Wildman–Crippen MR) is 80.5 cm³/mol. The number of hydrogen-bond acceptors (Lipinski definition) is 4. The van der Waals surface area contributed by atoms with E-state index in [2.05, 4.69) is 15.4 Å². The van der Waals surface area contributed by atoms with Gasteiger partial charge in [0.1, 0.15) is 0 Å². The van der Waals surface area contributed by atoms with Gasteiger partial charge in [0, 0.05) is 32.4 Å². The van der Waals surface area contributed by atoms with Gasteiger partial charge in [-0.3, -0.25) is 14.6 Å². The fourth-order valence-electron chi connectivity index (χ4n) is 2.50. The maximum absolute atomic E-state index is 12.3. The highest BCUT2D eigenvalue weighted by Gasteiger charge is 2.32. The van der Waals surface area contributed by atoms with Gasteiger partial charge in [0.15, 0.2) is 0 Å². The molecule has 1 aliphatic heterocycles. The van der Waals surface area contributed by atoms with Crippen LogP contribution in [0.2, 0.25) is 0 Å². The van der Waals surface area contributed by atoms with Gasteiger partial charge in [-0.2, -0.15) is 5.10 Å². The van der Waals surface area contributed by atoms with Crippen LogP contribution in [0.15, 0.2) is 30.9 Å². The molecule has 2 amide bonds. The van der Waals surface area contributed by atoms with Crippen molar-refractivity contribution >= 4 is 17.5 Å². The SMILES string of the molecule is Cc1cnn(-c2ccncc2NC(=O)[C@H]2CC(=O)N(C)C2)c1. The number of nitrogens with zero attached hydrogens (tertiary/aromatic N) is 4. The summed E-state index contributed by atoms with van der Waals surface area (Å²) in [6, 6.07) is 1.79. The van der Waals surface area contributed by atoms with Crippen LogP contribution >= 0.6 is 0 Å². The van der Waals surface area contributed by atoms with Crippen molar-refractivity contribution in [3.8, 4) is 5.69 Å². The van der Waals surface area contributed by atoms with Crippen LogP contribution in [0.3, 0.4) is 0 Å². The van der Waals surface area contributed by atoms with Gasteiger partial charge >= 0.3 is 0 Å². The van der Waals surface area contributed by atoms with Gasteiger partial charge in [0.05, 0.1) is 29.7 Å². The number of anilines is 1. The molecular weight excluding hydrogens is 282 g/mol. The van der Waals surface area contributed by atoms with Gasteiger partial charge in [0.2, 0.25) is 11.8 Å². The molecule has 7 heteroatoms. The summed E-state index contributed by atoms with van der Waals surface area (Å²) in [7, 11) is 1.71. The zero-order chi connectivity index (χ0) is 15.7. The van der Waals surface area contributed by atoms with E-state index < -0.39 is 0 Å². The highest BCUT2D eigenvalue weighted by atomic mass is 16.2. The average Bonchev–Trinajstić information content (AvgIpc) is 3.06. The van der Waals surface area contributed by atoms with E-state index in [4.69, 9.17) is 0 Å². The molecule has 2 aromatic rings. The van der Waals surface area contributed by atoms with Crippen LogP contribution in [-0.2, 0) is 9.59 Å². The summed E-state index contributed by atoms with van der Waals surface area (Å²) < 4.78 is 1.69. The van der Waals surface area contributed by atoms with Crippen molar-refractivity contribution < 1.29 is 9.59 Å². The van der Waals surface area contributed by atoms with Gasteiger partial charge in [-0.1, -0.05) is 0 Å². The Morgan fingerprint density at radius 1 is 1.41 bits per heavy atom. The fourth-order valence-corrected chi connectivity index (χ4v) is 2.50. The number of carbonyl (C=O) groups excluding carboxylic acids is 2. The molecule has 3 rings (SSSR count). The van der Waals surface area contributed by atoms with Crippen molar-refractivity contribution in [1.82, 2.24) is 19.7 Å². The highest BCUT2D eigenvalue weighted by molar-refractivity contribution is 5.98. The molecule has 0 radical (unpaired) electrons. The van der Waals surface area contributed by atoms with Crippen molar-refractivity contribution in [2.45, 2.75) is 13.3 Å². The van der Waals surface area contributed by atoms with Crippen LogP contribution in [-0.4, -0.2) is 45.1 Å². The molecule has 114 valence electrons. The molecule has 0 bridgehead atoms. The largest absolute Gasteiger partial charge is 0.345 e. The first-order chi connectivity index (χ1) is 10.5. The Bertz CT molecular complexity index is 724. The van der Waals surface area contributed by atoms with Crippen LogP contribution in [0.4, 0.5) is 5.69 Å². The van der Waals surface area contributed by atoms with Gasteiger partial charge in [-0.05, 0) is 18.6 Å². The Hall–Kier alpha value is -2.70. The van der Waals surface area contributed by atoms with Crippen molar-refractivity contribution in [2.24, 2.45) is 5.92 Å². The summed E-state index contributed by atoms with van der Waals surface area (Å²) in [4.78, 5) is 29.5. The van der Waals surface area contributed by atoms with E-state index >= 15 is 0 Å². The van der Waals surface area contributed by atoms with E-state index in [1.165, 1.54) is 0 Å². The molecule has 1 saturated heterocycles. The van der Waals surface area contributed by atoms with Gasteiger partial charge < -0.3 is 10.2 Å². The molecule has 1 atom stereocenters. The number of rotatable bonds is 3. The minimum atomic E-state index is -0.329. The number of pyridine rings is 1. The second-order valence-corrected chi connectivity index (χ2v) is 5.52. The quantitative estimate of drug-likeness (QED) is 0.916. The lowest BCUT2D eigenvalue weighted by Crippen LogP contribution is -2.26. The first kappa shape index (κ1) is 14.2. The zero-order valence-electron chi connectivity index (χ0n) is 12.5. The lowest BCUT2D eigenvalue weighted by atomic mass is 10.1. The molecule has 1 fully saturated rings. The van der Waals surface area contributed by atoms with E-state index in [1.807, 2.05) is 13.1 Å². The zero-order valence-corrected chi connectivity index (χ0v) is 12.5. The number of hydrogen-bond donors (Lipinski definition) is 1. The number of aryl methyl sites for hydroxylation is 1. The maximum Gasteiger partial charge on any atom is 0.229 e. The summed E-state index contributed by atoms with van der Waals surface area (Å²) >= 11 is 0. The van der Waals surface area contributed by atoms with E-state index in [0.29, 0.717) is 12.2 Å². The standard InChI is InChI=1S/C15H17N5O2/c1-10-6-17-20(8-10)13-3-4-16-7-12(13)18-15(22)11-5-14(21)19(2)9-11/h3-4,6-8,11H,5,9H2,1-2H3,(H,18,22)/t11-/m0/s1. The minimum Gasteiger partial charge on any atom is -0.345 e. The van der Waals surface area contributed by atoms with Crippen LogP contribution in [0.25, 0.3) is 5.69 Å². The molecule has 22 heavy (non-hydrogen) atoms. The third-order valence-electron chi connectivity index (χ3n) is 3.73. The smallest absolute Gasteiger partial charge is 0.229 e. The fraction of sp³-hybridized carbons (Fsp3) is 0.333. The predicted octanol–water partition coefficient (Wildman–Crippen LogP) is 0.993. The minimum absolute atomic E-state index is 0.00531. The van der Waals surface area contributed by atoms with E-state index in [1.54, 1.807) is 41.3 Å². The van der Waals surface area contributed by atoms with Crippen LogP contribution in [0.1, 0.15) is 12.0 Å². The summed E-state index contributed by atoms with van der Waals surface area (Å²) in [5.74, 6) is -0.505.